The van der Waals surface area contributed by atoms with Gasteiger partial charge in [-0.2, -0.15) is 13.2 Å². The Morgan fingerprint density at radius 2 is 2.12 bits per heavy atom. The zero-order chi connectivity index (χ0) is 17.9. The van der Waals surface area contributed by atoms with Crippen LogP contribution in [0.25, 0.3) is 0 Å². The number of pyridine rings is 2. The first kappa shape index (κ1) is 17.2. The molecule has 0 aromatic carbocycles. The topological polar surface area (TPSA) is 76.1 Å². The quantitative estimate of drug-likeness (QED) is 0.828. The minimum atomic E-state index is -4.44. The first-order valence-corrected chi connectivity index (χ1v) is 7.60. The Balaban J connectivity index is 1.54. The van der Waals surface area contributed by atoms with Crippen LogP contribution in [-0.2, 0) is 24.0 Å². The molecular weight excluding hydrogens is 337 g/mol. The van der Waals surface area contributed by atoms with Crippen LogP contribution in [0.3, 0.4) is 0 Å². The number of nitrogens with one attached hydrogen (secondary N) is 2. The highest BCUT2D eigenvalue weighted by molar-refractivity contribution is 5.93. The van der Waals surface area contributed by atoms with E-state index in [1.807, 2.05) is 0 Å². The fraction of sp³-hybridized carbons (Fsp3) is 0.312. The van der Waals surface area contributed by atoms with Crippen molar-refractivity contribution in [3.05, 3.63) is 53.0 Å². The van der Waals surface area contributed by atoms with E-state index in [4.69, 9.17) is 4.84 Å². The molecule has 0 spiro atoms. The third kappa shape index (κ3) is 4.24. The van der Waals surface area contributed by atoms with E-state index in [0.717, 1.165) is 43.0 Å². The maximum absolute atomic E-state index is 12.4. The second-order valence-corrected chi connectivity index (χ2v) is 5.52. The molecule has 2 N–H and O–H groups in total. The number of anilines is 1. The van der Waals surface area contributed by atoms with Crippen LogP contribution < -0.4 is 10.8 Å². The Morgan fingerprint density at radius 3 is 2.84 bits per heavy atom. The minimum Gasteiger partial charge on any atom is -0.370 e. The van der Waals surface area contributed by atoms with Crippen LogP contribution in [0, 0.1) is 0 Å². The average Bonchev–Trinajstić information content (AvgIpc) is 2.61. The van der Waals surface area contributed by atoms with Crippen molar-refractivity contribution >= 4 is 11.7 Å². The summed E-state index contributed by atoms with van der Waals surface area (Å²) in [7, 11) is 0. The Bertz CT molecular complexity index is 763. The summed E-state index contributed by atoms with van der Waals surface area (Å²) in [4.78, 5) is 24.9. The van der Waals surface area contributed by atoms with Gasteiger partial charge in [-0.1, -0.05) is 0 Å². The molecule has 1 aliphatic heterocycles. The van der Waals surface area contributed by atoms with Gasteiger partial charge in [0.25, 0.3) is 5.91 Å². The maximum atomic E-state index is 12.4. The molecule has 6 nitrogen and oxygen atoms in total. The molecule has 1 amide bonds. The van der Waals surface area contributed by atoms with E-state index >= 15 is 0 Å². The summed E-state index contributed by atoms with van der Waals surface area (Å²) < 4.78 is 37.3. The number of alkyl halides is 3. The molecule has 25 heavy (non-hydrogen) atoms. The molecular formula is C16H15F3N4O2. The standard InChI is InChI=1S/C16H15F3N4O2/c17-16(18,19)12-3-4-13(21-8-12)9-25-23-15(24)11-6-10-2-1-5-20-14(10)22-7-11/h3-4,6-8H,1-2,5,9H2,(H,20,22)(H,23,24). The number of carbonyl (C=O) groups is 1. The van der Waals surface area contributed by atoms with Crippen LogP contribution in [-0.4, -0.2) is 22.4 Å². The molecule has 0 fully saturated rings. The molecule has 0 saturated carbocycles. The molecule has 3 rings (SSSR count). The second-order valence-electron chi connectivity index (χ2n) is 5.52. The number of aryl methyl sites for hydroxylation is 1. The molecule has 1 aliphatic rings. The Morgan fingerprint density at radius 1 is 1.28 bits per heavy atom. The van der Waals surface area contributed by atoms with Gasteiger partial charge in [-0.15, -0.1) is 0 Å². The van der Waals surface area contributed by atoms with Gasteiger partial charge in [-0.25, -0.2) is 10.5 Å². The number of fused-ring (bicyclic) bond motifs is 1. The van der Waals surface area contributed by atoms with Crippen molar-refractivity contribution in [3.63, 3.8) is 0 Å². The number of carbonyl (C=O) groups excluding carboxylic acids is 1. The van der Waals surface area contributed by atoms with Gasteiger partial charge < -0.3 is 5.32 Å². The number of halogens is 3. The van der Waals surface area contributed by atoms with Gasteiger partial charge in [0, 0.05) is 18.9 Å². The molecule has 2 aromatic heterocycles. The predicted octanol–water partition coefficient (Wildman–Crippen LogP) is 2.72. The van der Waals surface area contributed by atoms with E-state index in [1.165, 1.54) is 12.3 Å². The van der Waals surface area contributed by atoms with E-state index < -0.39 is 17.6 Å². The number of aromatic nitrogens is 2. The summed E-state index contributed by atoms with van der Waals surface area (Å²) in [6, 6.07) is 3.85. The Kier molecular flexibility index (Phi) is 4.84. The molecule has 132 valence electrons. The molecule has 0 bridgehead atoms. The number of amides is 1. The van der Waals surface area contributed by atoms with Gasteiger partial charge in [-0.3, -0.25) is 14.6 Å². The molecule has 0 atom stereocenters. The van der Waals surface area contributed by atoms with E-state index in [9.17, 15) is 18.0 Å². The van der Waals surface area contributed by atoms with E-state index in [0.29, 0.717) is 5.56 Å². The van der Waals surface area contributed by atoms with Crippen molar-refractivity contribution in [1.82, 2.24) is 15.4 Å². The summed E-state index contributed by atoms with van der Waals surface area (Å²) in [5, 5.41) is 3.15. The summed E-state index contributed by atoms with van der Waals surface area (Å²) in [6.45, 7) is 0.707. The molecule has 0 saturated heterocycles. The molecule has 9 heteroatoms. The lowest BCUT2D eigenvalue weighted by Crippen LogP contribution is -2.24. The van der Waals surface area contributed by atoms with Crippen molar-refractivity contribution in [2.24, 2.45) is 0 Å². The van der Waals surface area contributed by atoms with Crippen molar-refractivity contribution in [2.45, 2.75) is 25.6 Å². The zero-order valence-corrected chi connectivity index (χ0v) is 13.1. The zero-order valence-electron chi connectivity index (χ0n) is 13.1. The lowest BCUT2D eigenvalue weighted by atomic mass is 10.1. The lowest BCUT2D eigenvalue weighted by Gasteiger charge is -2.17. The van der Waals surface area contributed by atoms with Gasteiger partial charge in [0.05, 0.1) is 16.8 Å². The van der Waals surface area contributed by atoms with Crippen LogP contribution in [0.15, 0.2) is 30.6 Å². The molecule has 0 unspecified atom stereocenters. The summed E-state index contributed by atoms with van der Waals surface area (Å²) in [5.74, 6) is 0.297. The highest BCUT2D eigenvalue weighted by atomic mass is 19.4. The Hall–Kier alpha value is -2.68. The maximum Gasteiger partial charge on any atom is 0.417 e. The van der Waals surface area contributed by atoms with Gasteiger partial charge in [0.15, 0.2) is 0 Å². The predicted molar refractivity (Wildman–Crippen MR) is 82.5 cm³/mol. The second kappa shape index (κ2) is 7.06. The van der Waals surface area contributed by atoms with Crippen molar-refractivity contribution in [2.75, 3.05) is 11.9 Å². The highest BCUT2D eigenvalue weighted by Gasteiger charge is 2.30. The van der Waals surface area contributed by atoms with Crippen LogP contribution in [0.2, 0.25) is 0 Å². The normalized spacial score (nSPS) is 13.7. The number of nitrogens with zero attached hydrogens (tertiary/aromatic N) is 2. The summed E-state index contributed by atoms with van der Waals surface area (Å²) >= 11 is 0. The van der Waals surface area contributed by atoms with E-state index in [1.54, 1.807) is 6.07 Å². The van der Waals surface area contributed by atoms with Crippen molar-refractivity contribution in [3.8, 4) is 0 Å². The van der Waals surface area contributed by atoms with Crippen LogP contribution in [0.1, 0.15) is 33.6 Å². The summed E-state index contributed by atoms with van der Waals surface area (Å²) in [5.41, 5.74) is 2.97. The number of rotatable bonds is 4. The van der Waals surface area contributed by atoms with Crippen LogP contribution in [0.4, 0.5) is 19.0 Å². The van der Waals surface area contributed by atoms with Crippen molar-refractivity contribution in [1.29, 1.82) is 0 Å². The largest absolute Gasteiger partial charge is 0.417 e. The highest BCUT2D eigenvalue weighted by Crippen LogP contribution is 2.28. The van der Waals surface area contributed by atoms with Gasteiger partial charge in [-0.05, 0) is 36.6 Å². The third-order valence-electron chi connectivity index (χ3n) is 3.68. The Labute approximate surface area is 141 Å². The van der Waals surface area contributed by atoms with E-state index in [-0.39, 0.29) is 12.3 Å². The number of hydrogen-bond acceptors (Lipinski definition) is 5. The van der Waals surface area contributed by atoms with E-state index in [2.05, 4.69) is 20.8 Å². The summed E-state index contributed by atoms with van der Waals surface area (Å²) in [6.07, 6.45) is -0.468. The number of hydroxylamine groups is 1. The first-order chi connectivity index (χ1) is 11.9. The number of hydrogen-bond donors (Lipinski definition) is 2. The van der Waals surface area contributed by atoms with Crippen LogP contribution >= 0.6 is 0 Å². The molecule has 2 aromatic rings. The van der Waals surface area contributed by atoms with Gasteiger partial charge >= 0.3 is 6.18 Å². The van der Waals surface area contributed by atoms with Crippen molar-refractivity contribution < 1.29 is 22.8 Å². The fourth-order valence-corrected chi connectivity index (χ4v) is 2.38. The average molecular weight is 352 g/mol. The monoisotopic (exact) mass is 352 g/mol. The first-order valence-electron chi connectivity index (χ1n) is 7.60. The SMILES string of the molecule is O=C(NOCc1ccc(C(F)(F)F)cn1)c1cnc2c(c1)CCCN2. The van der Waals surface area contributed by atoms with Gasteiger partial charge in [0.2, 0.25) is 0 Å². The van der Waals surface area contributed by atoms with Gasteiger partial charge in [0.1, 0.15) is 12.4 Å². The minimum absolute atomic E-state index is 0.149. The smallest absolute Gasteiger partial charge is 0.370 e. The fourth-order valence-electron chi connectivity index (χ4n) is 2.38. The lowest BCUT2D eigenvalue weighted by molar-refractivity contribution is -0.137. The molecule has 3 heterocycles. The third-order valence-corrected chi connectivity index (χ3v) is 3.68. The van der Waals surface area contributed by atoms with Crippen LogP contribution in [0.5, 0.6) is 0 Å². The molecule has 0 aliphatic carbocycles. The molecule has 0 radical (unpaired) electrons.